The smallest absolute Gasteiger partial charge is 0.227 e. The van der Waals surface area contributed by atoms with Crippen LogP contribution in [0.4, 0.5) is 0 Å². The summed E-state index contributed by atoms with van der Waals surface area (Å²) in [4.78, 5) is 16.5. The maximum absolute atomic E-state index is 12.2. The Morgan fingerprint density at radius 2 is 2.00 bits per heavy atom. The van der Waals surface area contributed by atoms with Gasteiger partial charge in [0.2, 0.25) is 17.6 Å². The Hall–Kier alpha value is -3.29. The molecule has 154 valence electrons. The first kappa shape index (κ1) is 20.4. The summed E-state index contributed by atoms with van der Waals surface area (Å²) in [7, 11) is 3.14. The van der Waals surface area contributed by atoms with Crippen molar-refractivity contribution in [2.45, 2.75) is 38.6 Å². The molecule has 2 aromatic heterocycles. The Balaban J connectivity index is 1.49. The number of ether oxygens (including phenoxy) is 2. The normalized spacial score (nSPS) is 11.8. The highest BCUT2D eigenvalue weighted by Gasteiger charge is 2.14. The minimum atomic E-state index is -0.0530. The van der Waals surface area contributed by atoms with Crippen molar-refractivity contribution >= 4 is 5.91 Å². The average Bonchev–Trinajstić information content (AvgIpc) is 3.42. The molecular weight excluding hydrogens is 374 g/mol. The van der Waals surface area contributed by atoms with Crippen LogP contribution >= 0.6 is 0 Å². The second-order valence-electron chi connectivity index (χ2n) is 6.67. The molecule has 0 aliphatic heterocycles. The van der Waals surface area contributed by atoms with Gasteiger partial charge in [-0.15, -0.1) is 0 Å². The lowest BCUT2D eigenvalue weighted by atomic mass is 10.1. The first-order chi connectivity index (χ1) is 14.1. The van der Waals surface area contributed by atoms with E-state index < -0.39 is 0 Å². The van der Waals surface area contributed by atoms with Gasteiger partial charge in [0, 0.05) is 30.9 Å². The molecule has 1 unspecified atom stereocenters. The summed E-state index contributed by atoms with van der Waals surface area (Å²) in [5, 5.41) is 6.97. The molecule has 1 aromatic carbocycles. The Bertz CT molecular complexity index is 920. The molecule has 0 fully saturated rings. The second kappa shape index (κ2) is 9.77. The molecule has 0 aliphatic rings. The highest BCUT2D eigenvalue weighted by Crippen LogP contribution is 2.31. The zero-order valence-electron chi connectivity index (χ0n) is 16.8. The molecule has 0 spiro atoms. The van der Waals surface area contributed by atoms with Crippen LogP contribution in [0.3, 0.4) is 0 Å². The molecule has 8 heteroatoms. The van der Waals surface area contributed by atoms with Gasteiger partial charge in [0.25, 0.3) is 0 Å². The molecule has 2 heterocycles. The van der Waals surface area contributed by atoms with Crippen molar-refractivity contribution < 1.29 is 23.2 Å². The molecule has 0 saturated carbocycles. The Labute approximate surface area is 169 Å². The lowest BCUT2D eigenvalue weighted by Gasteiger charge is -2.12. The Kier molecular flexibility index (Phi) is 6.89. The van der Waals surface area contributed by atoms with Gasteiger partial charge in [-0.3, -0.25) is 4.79 Å². The lowest BCUT2D eigenvalue weighted by molar-refractivity contribution is -0.121. The number of amides is 1. The molecule has 0 bridgehead atoms. The minimum absolute atomic E-state index is 0.0530. The molecule has 0 aliphatic carbocycles. The maximum atomic E-state index is 12.2. The van der Waals surface area contributed by atoms with Crippen LogP contribution in [0.5, 0.6) is 11.5 Å². The fourth-order valence-corrected chi connectivity index (χ4v) is 2.90. The van der Waals surface area contributed by atoms with Crippen LogP contribution < -0.4 is 14.8 Å². The monoisotopic (exact) mass is 399 g/mol. The van der Waals surface area contributed by atoms with Crippen molar-refractivity contribution in [2.75, 3.05) is 14.2 Å². The topological polar surface area (TPSA) is 99.6 Å². The summed E-state index contributed by atoms with van der Waals surface area (Å²) in [6.45, 7) is 1.97. The zero-order chi connectivity index (χ0) is 20.6. The van der Waals surface area contributed by atoms with E-state index >= 15 is 0 Å². The van der Waals surface area contributed by atoms with E-state index in [-0.39, 0.29) is 18.4 Å². The van der Waals surface area contributed by atoms with E-state index in [1.54, 1.807) is 32.6 Å². The molecule has 0 saturated heterocycles. The third kappa shape index (κ3) is 5.60. The number of furan rings is 1. The van der Waals surface area contributed by atoms with Crippen molar-refractivity contribution in [3.05, 3.63) is 48.2 Å². The minimum Gasteiger partial charge on any atom is -0.493 e. The van der Waals surface area contributed by atoms with Crippen LogP contribution in [0, 0.1) is 0 Å². The summed E-state index contributed by atoms with van der Waals surface area (Å²) in [5.74, 6) is 2.92. The van der Waals surface area contributed by atoms with Crippen LogP contribution in [0.25, 0.3) is 11.4 Å². The highest BCUT2D eigenvalue weighted by atomic mass is 16.5. The third-order valence-corrected chi connectivity index (χ3v) is 4.49. The second-order valence-corrected chi connectivity index (χ2v) is 6.67. The number of aryl methyl sites for hydroxylation is 2. The van der Waals surface area contributed by atoms with E-state index in [2.05, 4.69) is 15.5 Å². The van der Waals surface area contributed by atoms with Gasteiger partial charge in [-0.05, 0) is 43.7 Å². The molecule has 8 nitrogen and oxygen atoms in total. The standard InChI is InChI=1S/C21H25N3O5/c1-14(6-8-16-5-4-12-28-16)22-19(25)10-11-20-23-21(24-29-20)15-7-9-17(26-2)18(13-15)27-3/h4-5,7,9,12-14H,6,8,10-11H2,1-3H3,(H,22,25). The summed E-state index contributed by atoms with van der Waals surface area (Å²) >= 11 is 0. The number of rotatable bonds is 10. The quantitative estimate of drug-likeness (QED) is 0.557. The number of methoxy groups -OCH3 is 2. The number of benzene rings is 1. The summed E-state index contributed by atoms with van der Waals surface area (Å²) in [6, 6.07) is 9.23. The van der Waals surface area contributed by atoms with Crippen LogP contribution in [0.1, 0.15) is 31.4 Å². The predicted molar refractivity (Wildman–Crippen MR) is 106 cm³/mol. The molecule has 3 rings (SSSR count). The SMILES string of the molecule is COc1ccc(-c2noc(CCC(=O)NC(C)CCc3ccco3)n2)cc1OC. The van der Waals surface area contributed by atoms with Gasteiger partial charge < -0.3 is 23.7 Å². The van der Waals surface area contributed by atoms with E-state index in [1.807, 2.05) is 25.1 Å². The fraction of sp³-hybridized carbons (Fsp3) is 0.381. The first-order valence-electron chi connectivity index (χ1n) is 9.45. The van der Waals surface area contributed by atoms with Crippen LogP contribution in [-0.2, 0) is 17.6 Å². The Morgan fingerprint density at radius 3 is 2.72 bits per heavy atom. The van der Waals surface area contributed by atoms with E-state index in [4.69, 9.17) is 18.4 Å². The average molecular weight is 399 g/mol. The summed E-state index contributed by atoms with van der Waals surface area (Å²) in [5.41, 5.74) is 0.744. The van der Waals surface area contributed by atoms with Crippen LogP contribution in [0.15, 0.2) is 45.5 Å². The van der Waals surface area contributed by atoms with Gasteiger partial charge in [0.1, 0.15) is 5.76 Å². The molecule has 1 atom stereocenters. The van der Waals surface area contributed by atoms with Crippen molar-refractivity contribution in [1.82, 2.24) is 15.5 Å². The highest BCUT2D eigenvalue weighted by molar-refractivity contribution is 5.76. The predicted octanol–water partition coefficient (Wildman–Crippen LogP) is 3.42. The largest absolute Gasteiger partial charge is 0.493 e. The molecule has 1 amide bonds. The van der Waals surface area contributed by atoms with Gasteiger partial charge in [0.05, 0.1) is 20.5 Å². The van der Waals surface area contributed by atoms with Gasteiger partial charge in [-0.25, -0.2) is 0 Å². The van der Waals surface area contributed by atoms with Crippen LogP contribution in [0.2, 0.25) is 0 Å². The number of carbonyl (C=O) groups is 1. The van der Waals surface area contributed by atoms with Crippen LogP contribution in [-0.4, -0.2) is 36.3 Å². The van der Waals surface area contributed by atoms with E-state index in [1.165, 1.54) is 0 Å². The van der Waals surface area contributed by atoms with Crippen molar-refractivity contribution in [2.24, 2.45) is 0 Å². The fourth-order valence-electron chi connectivity index (χ4n) is 2.90. The van der Waals surface area contributed by atoms with Gasteiger partial charge >= 0.3 is 0 Å². The molecular formula is C21H25N3O5. The molecule has 29 heavy (non-hydrogen) atoms. The third-order valence-electron chi connectivity index (χ3n) is 4.49. The van der Waals surface area contributed by atoms with Gasteiger partial charge in [0.15, 0.2) is 11.5 Å². The number of hydrogen-bond donors (Lipinski definition) is 1. The number of hydrogen-bond acceptors (Lipinski definition) is 7. The van der Waals surface area contributed by atoms with Crippen molar-refractivity contribution in [1.29, 1.82) is 0 Å². The first-order valence-corrected chi connectivity index (χ1v) is 9.45. The number of aromatic nitrogens is 2. The zero-order valence-corrected chi connectivity index (χ0v) is 16.8. The van der Waals surface area contributed by atoms with Gasteiger partial charge in [-0.1, -0.05) is 5.16 Å². The van der Waals surface area contributed by atoms with Crippen molar-refractivity contribution in [3.8, 4) is 22.9 Å². The number of nitrogens with one attached hydrogen (secondary N) is 1. The molecule has 3 aromatic rings. The summed E-state index contributed by atoms with van der Waals surface area (Å²) in [6.07, 6.45) is 3.89. The molecule has 1 N–H and O–H groups in total. The maximum Gasteiger partial charge on any atom is 0.227 e. The van der Waals surface area contributed by atoms with E-state index in [9.17, 15) is 4.79 Å². The van der Waals surface area contributed by atoms with Crippen molar-refractivity contribution in [3.63, 3.8) is 0 Å². The van der Waals surface area contributed by atoms with E-state index in [0.29, 0.717) is 29.6 Å². The lowest BCUT2D eigenvalue weighted by Crippen LogP contribution is -2.33. The molecule has 0 radical (unpaired) electrons. The summed E-state index contributed by atoms with van der Waals surface area (Å²) < 4.78 is 21.1. The van der Waals surface area contributed by atoms with E-state index in [0.717, 1.165) is 24.2 Å². The van der Waals surface area contributed by atoms with Gasteiger partial charge in [-0.2, -0.15) is 4.98 Å². The Morgan fingerprint density at radius 1 is 1.17 bits per heavy atom. The number of nitrogens with zero attached hydrogens (tertiary/aromatic N) is 2. The number of carbonyl (C=O) groups excluding carboxylic acids is 1.